The van der Waals surface area contributed by atoms with Gasteiger partial charge in [0.1, 0.15) is 0 Å². The van der Waals surface area contributed by atoms with Gasteiger partial charge in [-0.25, -0.2) is 0 Å². The van der Waals surface area contributed by atoms with Crippen LogP contribution in [0, 0.1) is 11.8 Å². The van der Waals surface area contributed by atoms with Crippen LogP contribution in [0.3, 0.4) is 0 Å². The van der Waals surface area contributed by atoms with Crippen LogP contribution < -0.4 is 5.73 Å². The molecule has 1 saturated carbocycles. The molecule has 2 aromatic rings. The summed E-state index contributed by atoms with van der Waals surface area (Å²) < 4.78 is 38.4. The van der Waals surface area contributed by atoms with E-state index in [-0.39, 0.29) is 11.9 Å². The molecule has 0 spiro atoms. The molecule has 6 heteroatoms. The molecular weight excluding hydrogens is 353 g/mol. The van der Waals surface area contributed by atoms with Crippen molar-refractivity contribution >= 4 is 5.91 Å². The maximum Gasteiger partial charge on any atom is 0.416 e. The van der Waals surface area contributed by atoms with Crippen molar-refractivity contribution in [3.05, 3.63) is 59.7 Å². The quantitative estimate of drug-likeness (QED) is 0.857. The van der Waals surface area contributed by atoms with Gasteiger partial charge >= 0.3 is 6.18 Å². The van der Waals surface area contributed by atoms with Gasteiger partial charge in [0.15, 0.2) is 0 Å². The van der Waals surface area contributed by atoms with E-state index in [0.717, 1.165) is 25.0 Å². The fourth-order valence-electron chi connectivity index (χ4n) is 4.40. The van der Waals surface area contributed by atoms with Gasteiger partial charge < -0.3 is 10.6 Å². The van der Waals surface area contributed by atoms with Gasteiger partial charge in [-0.05, 0) is 54.0 Å². The van der Waals surface area contributed by atoms with E-state index >= 15 is 0 Å². The lowest BCUT2D eigenvalue weighted by Crippen LogP contribution is -2.33. The zero-order valence-electron chi connectivity index (χ0n) is 14.7. The molecule has 1 aliphatic carbocycles. The summed E-state index contributed by atoms with van der Waals surface area (Å²) in [7, 11) is 0. The van der Waals surface area contributed by atoms with Gasteiger partial charge in [-0.1, -0.05) is 30.3 Å². The Balaban J connectivity index is 1.61. The van der Waals surface area contributed by atoms with Gasteiger partial charge in [0.05, 0.1) is 5.56 Å². The highest BCUT2D eigenvalue weighted by Gasteiger charge is 2.42. The summed E-state index contributed by atoms with van der Waals surface area (Å²) in [5.41, 5.74) is 7.23. The molecule has 142 valence electrons. The van der Waals surface area contributed by atoms with Crippen LogP contribution in [0.5, 0.6) is 0 Å². The molecule has 1 saturated heterocycles. The van der Waals surface area contributed by atoms with Crippen LogP contribution in [-0.2, 0) is 6.18 Å². The number of alkyl halides is 3. The molecule has 3 unspecified atom stereocenters. The Kier molecular flexibility index (Phi) is 4.46. The number of fused-ring (bicyclic) bond motifs is 1. The lowest BCUT2D eigenvalue weighted by atomic mass is 9.97. The van der Waals surface area contributed by atoms with Gasteiger partial charge in [0, 0.05) is 24.7 Å². The van der Waals surface area contributed by atoms with Crippen LogP contribution in [0.15, 0.2) is 48.5 Å². The lowest BCUT2D eigenvalue weighted by Gasteiger charge is -2.20. The largest absolute Gasteiger partial charge is 0.416 e. The summed E-state index contributed by atoms with van der Waals surface area (Å²) in [4.78, 5) is 15.0. The number of halogens is 3. The Bertz CT molecular complexity index is 847. The molecule has 1 amide bonds. The Morgan fingerprint density at radius 2 is 1.70 bits per heavy atom. The minimum atomic E-state index is -4.38. The third-order valence-corrected chi connectivity index (χ3v) is 5.88. The molecule has 3 atom stereocenters. The van der Waals surface area contributed by atoms with Gasteiger partial charge in [-0.15, -0.1) is 0 Å². The zero-order valence-corrected chi connectivity index (χ0v) is 14.7. The number of rotatable bonds is 2. The monoisotopic (exact) mass is 374 g/mol. The average molecular weight is 374 g/mol. The molecule has 2 aromatic carbocycles. The van der Waals surface area contributed by atoms with Crippen molar-refractivity contribution in [3.63, 3.8) is 0 Å². The van der Waals surface area contributed by atoms with Crippen molar-refractivity contribution in [3.8, 4) is 11.1 Å². The molecule has 1 heterocycles. The number of amides is 1. The molecule has 3 nitrogen and oxygen atoms in total. The molecule has 0 aromatic heterocycles. The molecule has 2 aliphatic rings. The van der Waals surface area contributed by atoms with Crippen molar-refractivity contribution in [2.75, 3.05) is 13.1 Å². The Morgan fingerprint density at radius 1 is 1.00 bits per heavy atom. The summed E-state index contributed by atoms with van der Waals surface area (Å²) in [5, 5.41) is 0. The summed E-state index contributed by atoms with van der Waals surface area (Å²) in [6, 6.07) is 12.2. The Labute approximate surface area is 156 Å². The smallest absolute Gasteiger partial charge is 0.338 e. The number of likely N-dealkylation sites (tertiary alicyclic amines) is 1. The Morgan fingerprint density at radius 3 is 2.37 bits per heavy atom. The number of nitrogens with two attached hydrogens (primary N) is 1. The summed E-state index contributed by atoms with van der Waals surface area (Å²) >= 11 is 0. The molecule has 4 rings (SSSR count). The number of hydrogen-bond donors (Lipinski definition) is 1. The van der Waals surface area contributed by atoms with Crippen LogP contribution in [-0.4, -0.2) is 29.9 Å². The second-order valence-electron chi connectivity index (χ2n) is 7.50. The summed E-state index contributed by atoms with van der Waals surface area (Å²) in [6.07, 6.45) is -2.31. The maximum atomic E-state index is 13.1. The van der Waals surface area contributed by atoms with Crippen LogP contribution in [0.1, 0.15) is 28.8 Å². The second kappa shape index (κ2) is 6.68. The van der Waals surface area contributed by atoms with Crippen LogP contribution in [0.4, 0.5) is 13.2 Å². The maximum absolute atomic E-state index is 13.1. The summed E-state index contributed by atoms with van der Waals surface area (Å²) in [5.74, 6) is 0.737. The first kappa shape index (κ1) is 18.0. The normalized spacial score (nSPS) is 24.9. The predicted molar refractivity (Wildman–Crippen MR) is 97.0 cm³/mol. The first-order valence-electron chi connectivity index (χ1n) is 9.16. The fraction of sp³-hybridized carbons (Fsp3) is 0.381. The van der Waals surface area contributed by atoms with Crippen LogP contribution >= 0.6 is 0 Å². The number of benzene rings is 2. The third kappa shape index (κ3) is 3.34. The minimum Gasteiger partial charge on any atom is -0.338 e. The van der Waals surface area contributed by atoms with E-state index in [0.29, 0.717) is 41.6 Å². The molecular formula is C21H21F3N2O. The topological polar surface area (TPSA) is 46.3 Å². The minimum absolute atomic E-state index is 0.0768. The number of nitrogens with zero attached hydrogens (tertiary/aromatic N) is 1. The average Bonchev–Trinajstić information content (AvgIpc) is 3.23. The number of carbonyl (C=O) groups is 1. The highest BCUT2D eigenvalue weighted by Crippen LogP contribution is 2.38. The summed E-state index contributed by atoms with van der Waals surface area (Å²) in [6.45, 7) is 1.37. The molecule has 1 aliphatic heterocycles. The standard InChI is InChI=1S/C21H21F3N2O/c22-21(23,24)15-8-5-13(6-9-15)16-3-1-2-4-17(16)20(27)26-11-14-7-10-19(25)18(14)12-26/h1-6,8-9,14,18-19H,7,10-12,25H2. The van der Waals surface area contributed by atoms with E-state index in [1.165, 1.54) is 12.1 Å². The molecule has 2 fully saturated rings. The highest BCUT2D eigenvalue weighted by atomic mass is 19.4. The van der Waals surface area contributed by atoms with Crippen LogP contribution in [0.2, 0.25) is 0 Å². The van der Waals surface area contributed by atoms with Gasteiger partial charge in [0.2, 0.25) is 0 Å². The van der Waals surface area contributed by atoms with Gasteiger partial charge in [-0.3, -0.25) is 4.79 Å². The molecule has 2 N–H and O–H groups in total. The van der Waals surface area contributed by atoms with Crippen molar-refractivity contribution in [1.29, 1.82) is 0 Å². The van der Waals surface area contributed by atoms with E-state index in [2.05, 4.69) is 0 Å². The van der Waals surface area contributed by atoms with E-state index in [1.807, 2.05) is 4.90 Å². The molecule has 27 heavy (non-hydrogen) atoms. The van der Waals surface area contributed by atoms with Crippen molar-refractivity contribution in [2.45, 2.75) is 25.1 Å². The van der Waals surface area contributed by atoms with Crippen molar-refractivity contribution < 1.29 is 18.0 Å². The lowest BCUT2D eigenvalue weighted by molar-refractivity contribution is -0.137. The molecule has 0 radical (unpaired) electrons. The van der Waals surface area contributed by atoms with Crippen molar-refractivity contribution in [2.24, 2.45) is 17.6 Å². The van der Waals surface area contributed by atoms with Crippen LogP contribution in [0.25, 0.3) is 11.1 Å². The second-order valence-corrected chi connectivity index (χ2v) is 7.50. The van der Waals surface area contributed by atoms with Gasteiger partial charge in [-0.2, -0.15) is 13.2 Å². The predicted octanol–water partition coefficient (Wildman–Crippen LogP) is 4.18. The van der Waals surface area contributed by atoms with Crippen molar-refractivity contribution in [1.82, 2.24) is 4.90 Å². The van der Waals surface area contributed by atoms with E-state index in [9.17, 15) is 18.0 Å². The number of carbonyl (C=O) groups excluding carboxylic acids is 1. The highest BCUT2D eigenvalue weighted by molar-refractivity contribution is 6.01. The molecule has 0 bridgehead atoms. The van der Waals surface area contributed by atoms with E-state index in [1.54, 1.807) is 24.3 Å². The van der Waals surface area contributed by atoms with Gasteiger partial charge in [0.25, 0.3) is 5.91 Å². The SMILES string of the molecule is NC1CCC2CN(C(=O)c3ccccc3-c3ccc(C(F)(F)F)cc3)CC12. The van der Waals surface area contributed by atoms with E-state index in [4.69, 9.17) is 5.73 Å². The third-order valence-electron chi connectivity index (χ3n) is 5.88. The zero-order chi connectivity index (χ0) is 19.2. The first-order valence-corrected chi connectivity index (χ1v) is 9.16. The van der Waals surface area contributed by atoms with E-state index < -0.39 is 11.7 Å². The Hall–Kier alpha value is -2.34. The fourth-order valence-corrected chi connectivity index (χ4v) is 4.40. The number of hydrogen-bond acceptors (Lipinski definition) is 2. The first-order chi connectivity index (χ1) is 12.8.